The van der Waals surface area contributed by atoms with Gasteiger partial charge in [-0.15, -0.1) is 4.83 Å². The first-order chi connectivity index (χ1) is 13.8. The van der Waals surface area contributed by atoms with Crippen molar-refractivity contribution in [3.8, 4) is 5.75 Å². The summed E-state index contributed by atoms with van der Waals surface area (Å²) in [6.45, 7) is -0.493. The molecule has 0 spiro atoms. The van der Waals surface area contributed by atoms with Crippen LogP contribution in [0.2, 0.25) is 0 Å². The Balaban J connectivity index is 1.78. The molecule has 1 aliphatic heterocycles. The minimum atomic E-state index is -3.98. The Morgan fingerprint density at radius 1 is 1.21 bits per heavy atom. The number of nitrogens with zero attached hydrogens (tertiary/aromatic N) is 1. The van der Waals surface area contributed by atoms with Crippen molar-refractivity contribution < 1.29 is 27.9 Å². The summed E-state index contributed by atoms with van der Waals surface area (Å²) in [5, 5.41) is 9.49. The van der Waals surface area contributed by atoms with Crippen molar-refractivity contribution >= 4 is 56.3 Å². The van der Waals surface area contributed by atoms with Crippen molar-refractivity contribution in [2.45, 2.75) is 4.90 Å². The minimum Gasteiger partial charge on any atom is -0.482 e. The Hall–Kier alpha value is -2.73. The SMILES string of the molecule is O=C(O)COc1cccc(/C=C2/SC(=S)N(NS(=O)(=O)c3ccccc3)C2=O)c1. The van der Waals surface area contributed by atoms with E-state index in [1.807, 2.05) is 0 Å². The molecular formula is C18H14N2O6S3. The Morgan fingerprint density at radius 3 is 2.62 bits per heavy atom. The highest BCUT2D eigenvalue weighted by molar-refractivity contribution is 8.26. The Kier molecular flexibility index (Phi) is 6.33. The smallest absolute Gasteiger partial charge is 0.341 e. The number of hydrogen-bond donors (Lipinski definition) is 2. The largest absolute Gasteiger partial charge is 0.482 e. The zero-order valence-electron chi connectivity index (χ0n) is 14.6. The molecule has 1 saturated heterocycles. The van der Waals surface area contributed by atoms with E-state index in [0.717, 1.165) is 16.8 Å². The summed E-state index contributed by atoms with van der Waals surface area (Å²) in [5.41, 5.74) is 0.569. The number of thioether (sulfide) groups is 1. The van der Waals surface area contributed by atoms with E-state index in [4.69, 9.17) is 22.1 Å². The van der Waals surface area contributed by atoms with Gasteiger partial charge in [-0.25, -0.2) is 18.2 Å². The third kappa shape index (κ3) is 5.21. The molecule has 11 heteroatoms. The molecule has 1 heterocycles. The van der Waals surface area contributed by atoms with Crippen LogP contribution < -0.4 is 9.57 Å². The molecule has 0 aliphatic carbocycles. The number of benzene rings is 2. The monoisotopic (exact) mass is 450 g/mol. The molecule has 2 aromatic rings. The summed E-state index contributed by atoms with van der Waals surface area (Å²) in [5.74, 6) is -1.40. The van der Waals surface area contributed by atoms with Gasteiger partial charge in [0.2, 0.25) is 0 Å². The Labute approximate surface area is 176 Å². The van der Waals surface area contributed by atoms with Gasteiger partial charge < -0.3 is 9.84 Å². The molecule has 0 atom stereocenters. The number of hydrazine groups is 1. The molecule has 0 bridgehead atoms. The number of sulfonamides is 1. The minimum absolute atomic E-state index is 0.00121. The van der Waals surface area contributed by atoms with Crippen molar-refractivity contribution in [3.05, 3.63) is 65.1 Å². The lowest BCUT2D eigenvalue weighted by atomic mass is 10.2. The maximum absolute atomic E-state index is 12.6. The zero-order valence-corrected chi connectivity index (χ0v) is 17.1. The molecule has 8 nitrogen and oxygen atoms in total. The van der Waals surface area contributed by atoms with Gasteiger partial charge in [-0.05, 0) is 35.9 Å². The van der Waals surface area contributed by atoms with Crippen molar-refractivity contribution in [3.63, 3.8) is 0 Å². The number of carbonyl (C=O) groups excluding carboxylic acids is 1. The maximum atomic E-state index is 12.6. The molecule has 0 unspecified atom stereocenters. The van der Waals surface area contributed by atoms with Gasteiger partial charge in [-0.2, -0.15) is 0 Å². The maximum Gasteiger partial charge on any atom is 0.341 e. The van der Waals surface area contributed by atoms with Crippen LogP contribution in [0.15, 0.2) is 64.4 Å². The van der Waals surface area contributed by atoms with E-state index in [1.165, 1.54) is 18.2 Å². The van der Waals surface area contributed by atoms with Gasteiger partial charge in [-0.3, -0.25) is 4.79 Å². The number of amides is 1. The van der Waals surface area contributed by atoms with Gasteiger partial charge in [0.1, 0.15) is 5.75 Å². The fourth-order valence-corrected chi connectivity index (χ4v) is 4.64. The molecule has 1 aliphatic rings. The van der Waals surface area contributed by atoms with Crippen molar-refractivity contribution in [1.82, 2.24) is 9.84 Å². The first-order valence-electron chi connectivity index (χ1n) is 8.06. The second-order valence-corrected chi connectivity index (χ2v) is 9.02. The second kappa shape index (κ2) is 8.74. The van der Waals surface area contributed by atoms with E-state index in [2.05, 4.69) is 4.83 Å². The van der Waals surface area contributed by atoms with Crippen LogP contribution in [0.3, 0.4) is 0 Å². The number of hydrogen-bond acceptors (Lipinski definition) is 7. The lowest BCUT2D eigenvalue weighted by molar-refractivity contribution is -0.139. The van der Waals surface area contributed by atoms with E-state index in [0.29, 0.717) is 11.3 Å². The fourth-order valence-electron chi connectivity index (χ4n) is 2.31. The molecule has 1 amide bonds. The summed E-state index contributed by atoms with van der Waals surface area (Å²) in [6, 6.07) is 14.1. The fraction of sp³-hybridized carbons (Fsp3) is 0.0556. The average molecular weight is 451 g/mol. The van der Waals surface area contributed by atoms with Gasteiger partial charge in [0, 0.05) is 0 Å². The van der Waals surface area contributed by atoms with E-state index in [9.17, 15) is 18.0 Å². The average Bonchev–Trinajstić information content (AvgIpc) is 2.94. The number of ether oxygens (including phenoxy) is 1. The molecule has 29 heavy (non-hydrogen) atoms. The van der Waals surface area contributed by atoms with Crippen molar-refractivity contribution in [2.24, 2.45) is 0 Å². The molecule has 0 saturated carbocycles. The molecule has 1 fully saturated rings. The number of carbonyl (C=O) groups is 2. The summed E-state index contributed by atoms with van der Waals surface area (Å²) >= 11 is 6.08. The number of aliphatic carboxylic acids is 1. The van der Waals surface area contributed by atoms with Crippen LogP contribution in [0.1, 0.15) is 5.56 Å². The highest BCUT2D eigenvalue weighted by Gasteiger charge is 2.35. The topological polar surface area (TPSA) is 113 Å². The lowest BCUT2D eigenvalue weighted by Gasteiger charge is -2.15. The Morgan fingerprint density at radius 2 is 1.93 bits per heavy atom. The quantitative estimate of drug-likeness (QED) is 0.488. The molecule has 2 aromatic carbocycles. The van der Waals surface area contributed by atoms with Crippen LogP contribution >= 0.6 is 24.0 Å². The molecule has 0 aromatic heterocycles. The molecule has 2 N–H and O–H groups in total. The predicted octanol–water partition coefficient (Wildman–Crippen LogP) is 2.24. The molecule has 3 rings (SSSR count). The first kappa shape index (κ1) is 21.0. The van der Waals surface area contributed by atoms with Crippen LogP contribution in [-0.2, 0) is 19.6 Å². The van der Waals surface area contributed by atoms with Crippen molar-refractivity contribution in [1.29, 1.82) is 0 Å². The summed E-state index contributed by atoms with van der Waals surface area (Å²) in [6.07, 6.45) is 1.52. The number of carboxylic acid groups (broad SMARTS) is 1. The predicted molar refractivity (Wildman–Crippen MR) is 111 cm³/mol. The van der Waals surface area contributed by atoms with Crippen LogP contribution in [0.5, 0.6) is 5.75 Å². The number of nitrogens with one attached hydrogen (secondary N) is 1. The van der Waals surface area contributed by atoms with Gasteiger partial charge in [0.15, 0.2) is 10.9 Å². The first-order valence-corrected chi connectivity index (χ1v) is 10.8. The van der Waals surface area contributed by atoms with E-state index >= 15 is 0 Å². The normalized spacial score (nSPS) is 15.7. The highest BCUT2D eigenvalue weighted by atomic mass is 32.2. The van der Waals surface area contributed by atoms with Crippen LogP contribution in [0.4, 0.5) is 0 Å². The van der Waals surface area contributed by atoms with E-state index in [1.54, 1.807) is 42.5 Å². The van der Waals surface area contributed by atoms with Crippen LogP contribution in [0, 0.1) is 0 Å². The molecular weight excluding hydrogens is 436 g/mol. The standard InChI is InChI=1S/C18H14N2O6S3/c21-16(22)11-26-13-6-4-5-12(9-13)10-15-17(23)20(18(27)28-15)19-29(24,25)14-7-2-1-3-8-14/h1-10,19H,11H2,(H,21,22)/b15-10+. The molecule has 150 valence electrons. The van der Waals surface area contributed by atoms with E-state index in [-0.39, 0.29) is 14.1 Å². The summed E-state index contributed by atoms with van der Waals surface area (Å²) in [4.78, 5) is 25.7. The second-order valence-electron chi connectivity index (χ2n) is 5.68. The van der Waals surface area contributed by atoms with Gasteiger partial charge in [0.25, 0.3) is 15.9 Å². The lowest BCUT2D eigenvalue weighted by Crippen LogP contribution is -2.44. The highest BCUT2D eigenvalue weighted by Crippen LogP contribution is 2.32. The summed E-state index contributed by atoms with van der Waals surface area (Å²) < 4.78 is 30.1. The summed E-state index contributed by atoms with van der Waals surface area (Å²) in [7, 11) is -3.98. The number of carboxylic acids is 1. The van der Waals surface area contributed by atoms with Gasteiger partial charge in [-0.1, -0.05) is 54.3 Å². The third-order valence-corrected chi connectivity index (χ3v) is 6.19. The van der Waals surface area contributed by atoms with Gasteiger partial charge in [0.05, 0.1) is 9.80 Å². The van der Waals surface area contributed by atoms with E-state index < -0.39 is 28.5 Å². The Bertz CT molecular complexity index is 1100. The van der Waals surface area contributed by atoms with Crippen LogP contribution in [-0.4, -0.2) is 41.3 Å². The molecule has 0 radical (unpaired) electrons. The van der Waals surface area contributed by atoms with Crippen LogP contribution in [0.25, 0.3) is 6.08 Å². The third-order valence-electron chi connectivity index (χ3n) is 3.58. The van der Waals surface area contributed by atoms with Crippen molar-refractivity contribution in [2.75, 3.05) is 6.61 Å². The number of thiocarbonyl (C=S) groups is 1. The van der Waals surface area contributed by atoms with Gasteiger partial charge >= 0.3 is 5.97 Å². The number of rotatable bonds is 7. The zero-order chi connectivity index (χ0) is 21.0.